The lowest BCUT2D eigenvalue weighted by molar-refractivity contribution is -0.160. The first-order valence-electron chi connectivity index (χ1n) is 48.9. The van der Waals surface area contributed by atoms with Gasteiger partial charge in [0.05, 0.1) is 15.6 Å². The van der Waals surface area contributed by atoms with Gasteiger partial charge >= 0.3 is 5.97 Å². The molecule has 1 atom stereocenters. The van der Waals surface area contributed by atoms with Gasteiger partial charge in [0, 0.05) is 123 Å². The Morgan fingerprint density at radius 3 is 0.765 bits per heavy atom. The molecule has 1 unspecified atom stereocenters. The molecule has 0 N–H and O–H groups in total. The number of hydrogen-bond donors (Lipinski definition) is 0. The van der Waals surface area contributed by atoms with Crippen molar-refractivity contribution in [1.82, 2.24) is 4.98 Å². The average Bonchev–Trinajstić information content (AvgIpc) is 0.721. The van der Waals surface area contributed by atoms with Gasteiger partial charge in [-0.1, -0.05) is 508 Å². The summed E-state index contributed by atoms with van der Waals surface area (Å²) in [5.41, 5.74) is -4.56. The van der Waals surface area contributed by atoms with Crippen LogP contribution in [0.1, 0.15) is 133 Å². The van der Waals surface area contributed by atoms with Crippen LogP contribution in [0.25, 0.3) is 0 Å². The van der Waals surface area contributed by atoms with Crippen molar-refractivity contribution >= 4 is 192 Å². The SMILES string of the molecule is CC(C)(C)C(=O)P(=O)(c1ccccc1)c1ccccc1.CC1(C(=O)P(=O)(c2ccccc2)c2ccccc2)CCCCC1.CCC(C)(OC(C)=O)C(=O)P(=O)(c1ccccc1)c1ccccc1.O=C(CCCCC(=O)P(=O)(c1ccccc1)c1ccccc1)P(=O)(c1ccccc1)c1ccccc1.O=C(c1c(Cl)cccc1Cl)P(=O)(c1ccccc1)c1ccccc1.O=C(c1cccnc1)P(=O)(c1ccccc1)c1ccccc1. The zero-order chi connectivity index (χ0) is 107. The molecule has 26 heteroatoms. The molecule has 1 saturated carbocycles. The van der Waals surface area contributed by atoms with Crippen LogP contribution in [0.2, 0.25) is 10.0 Å². The average molecular weight is 2150 g/mol. The largest absolute Gasteiger partial charge is 0.451 e. The van der Waals surface area contributed by atoms with Gasteiger partial charge in [0.15, 0.2) is 16.6 Å². The first-order valence-corrected chi connectivity index (χ1v) is 61.6. The minimum Gasteiger partial charge on any atom is -0.451 e. The molecule has 0 amide bonds. The molecule has 1 aliphatic rings. The van der Waals surface area contributed by atoms with E-state index in [1.54, 1.807) is 323 Å². The molecule has 0 radical (unpaired) electrons. The van der Waals surface area contributed by atoms with Crippen LogP contribution in [0.4, 0.5) is 0 Å². The molecule has 149 heavy (non-hydrogen) atoms. The fourth-order valence-electron chi connectivity index (χ4n) is 17.4. The second kappa shape index (κ2) is 52.8. The van der Waals surface area contributed by atoms with Crippen molar-refractivity contribution in [2.24, 2.45) is 10.8 Å². The molecule has 17 nitrogen and oxygen atoms in total. The van der Waals surface area contributed by atoms with E-state index in [0.717, 1.165) is 25.7 Å². The van der Waals surface area contributed by atoms with Gasteiger partial charge in [-0.05, 0) is 63.3 Å². The highest BCUT2D eigenvalue weighted by Crippen LogP contribution is 2.57. The Morgan fingerprint density at radius 2 is 0.530 bits per heavy atom. The van der Waals surface area contributed by atoms with Gasteiger partial charge in [0.25, 0.3) is 0 Å². The van der Waals surface area contributed by atoms with Gasteiger partial charge in [0.1, 0.15) is 0 Å². The van der Waals surface area contributed by atoms with Gasteiger partial charge in [-0.25, -0.2) is 0 Å². The second-order valence-corrected chi connectivity index (χ2v) is 56.5. The van der Waals surface area contributed by atoms with Crippen LogP contribution < -0.4 is 74.3 Å². The number of ether oxygens (including phenoxy) is 1. The molecular formula is C123H118Cl2NO16P7. The third-order valence-electron chi connectivity index (χ3n) is 25.5. The van der Waals surface area contributed by atoms with Gasteiger partial charge in [-0.3, -0.25) is 43.3 Å². The zero-order valence-electron chi connectivity index (χ0n) is 83.9. The molecule has 0 saturated heterocycles. The Labute approximate surface area is 883 Å². The third kappa shape index (κ3) is 26.8. The summed E-state index contributed by atoms with van der Waals surface area (Å²) < 4.78 is 103. The quantitative estimate of drug-likeness (QED) is 0.0215. The van der Waals surface area contributed by atoms with Gasteiger partial charge in [-0.15, -0.1) is 0 Å². The smallest absolute Gasteiger partial charge is 0.303 e. The maximum absolute atomic E-state index is 14.1. The highest BCUT2D eigenvalue weighted by Gasteiger charge is 2.51. The van der Waals surface area contributed by atoms with E-state index in [4.69, 9.17) is 27.9 Å². The zero-order valence-corrected chi connectivity index (χ0v) is 91.7. The fourth-order valence-corrected chi connectivity index (χ4v) is 36.8. The number of carbonyl (C=O) groups excluding carboxylic acids is 8. The maximum Gasteiger partial charge on any atom is 0.303 e. The monoisotopic (exact) mass is 2150 g/mol. The second-order valence-electron chi connectivity index (χ2n) is 36.9. The fraction of sp³-hybridized carbons (Fsp3) is 0.163. The van der Waals surface area contributed by atoms with E-state index in [-0.39, 0.29) is 57.0 Å². The van der Waals surface area contributed by atoms with Crippen LogP contribution in [0.15, 0.2) is 467 Å². The molecule has 1 heterocycles. The highest BCUT2D eigenvalue weighted by atomic mass is 35.5. The van der Waals surface area contributed by atoms with Crippen LogP contribution in [0, 0.1) is 10.8 Å². The summed E-state index contributed by atoms with van der Waals surface area (Å²) in [6, 6.07) is 133. The molecule has 17 rings (SSSR count). The van der Waals surface area contributed by atoms with Gasteiger partial charge in [-0.2, -0.15) is 0 Å². The Hall–Kier alpha value is -13.2. The first-order chi connectivity index (χ1) is 71.5. The van der Waals surface area contributed by atoms with Gasteiger partial charge < -0.3 is 36.7 Å². The summed E-state index contributed by atoms with van der Waals surface area (Å²) in [4.78, 5) is 108. The molecule has 1 fully saturated rings. The Kier molecular flexibility index (Phi) is 40.6. The number of rotatable bonds is 32. The predicted molar refractivity (Wildman–Crippen MR) is 612 cm³/mol. The number of esters is 1. The Balaban J connectivity index is 0.000000160. The van der Waals surface area contributed by atoms with E-state index in [1.165, 1.54) is 26.5 Å². The summed E-state index contributed by atoms with van der Waals surface area (Å²) in [6.07, 6.45) is 9.18. The summed E-state index contributed by atoms with van der Waals surface area (Å²) in [5.74, 6) is -0.569. The number of pyridine rings is 1. The molecule has 0 aliphatic heterocycles. The Morgan fingerprint density at radius 1 is 0.295 bits per heavy atom. The van der Waals surface area contributed by atoms with E-state index in [9.17, 15) is 70.3 Å². The van der Waals surface area contributed by atoms with Crippen LogP contribution in [-0.4, -0.2) is 55.2 Å². The lowest BCUT2D eigenvalue weighted by Gasteiger charge is -2.35. The summed E-state index contributed by atoms with van der Waals surface area (Å²) in [7, 11) is -24.2. The van der Waals surface area contributed by atoms with Crippen molar-refractivity contribution in [1.29, 1.82) is 0 Å². The van der Waals surface area contributed by atoms with Gasteiger partial charge in [0.2, 0.25) is 77.6 Å². The standard InChI is InChI=1S/C30H28O4P2.C20H23O2P.C19H13Cl2O2P.C19H21O4P.C18H14NO2P.C17H19O2P/c31-29(35(33,25-15-5-1-6-16-25)26-17-7-2-8-18-26)23-13-14-24-30(32)36(34,27-19-9-3-10-20-27)28-21-11-4-12-22-28;1-20(15-9-4-10-16-20)19(21)23(22,17-11-5-2-6-12-17)18-13-7-3-8-14-18;20-16-12-7-13-17(21)18(16)19(22)24(23,14-8-3-1-4-9-14)15-10-5-2-6-11-15;1-4-19(3,23-15(2)20)18(21)24(22,16-11-7-5-8-12-16)17-13-9-6-10-14-17;20-18(15-8-7-13-19-14-15)22(21,16-9-3-1-4-10-16)17-11-5-2-6-12-17;1-17(2,3)16(18)20(19,14-10-6-4-7-11-14)15-12-8-5-9-13-15/h1-12,15-22H,13-14,23-24H2;2-3,5-8,11-14H,4,9-10,15-16H2,1H3;1-13H;5-14H,4H2,1-3H3;1-14H;4-13H,1-3H3. The van der Waals surface area contributed by atoms with Crippen molar-refractivity contribution in [2.75, 3.05) is 0 Å². The van der Waals surface area contributed by atoms with E-state index in [0.29, 0.717) is 92.7 Å². The molecule has 15 aromatic carbocycles. The summed E-state index contributed by atoms with van der Waals surface area (Å²) in [6.45, 7) is 12.0. The van der Waals surface area contributed by atoms with Crippen LogP contribution in [0.3, 0.4) is 0 Å². The molecule has 1 aliphatic carbocycles. The van der Waals surface area contributed by atoms with Crippen LogP contribution >= 0.6 is 73.2 Å². The minimum atomic E-state index is -3.63. The lowest BCUT2D eigenvalue weighted by atomic mass is 9.77. The number of benzene rings is 15. The van der Waals surface area contributed by atoms with E-state index in [2.05, 4.69) is 4.98 Å². The van der Waals surface area contributed by atoms with Crippen LogP contribution in [-0.2, 0) is 65.5 Å². The maximum atomic E-state index is 14.1. The number of aromatic nitrogens is 1. The highest BCUT2D eigenvalue weighted by molar-refractivity contribution is 7.96. The molecule has 16 aromatic rings. The molecule has 760 valence electrons. The van der Waals surface area contributed by atoms with Crippen molar-refractivity contribution in [3.63, 3.8) is 0 Å². The van der Waals surface area contributed by atoms with E-state index < -0.39 is 89.0 Å². The van der Waals surface area contributed by atoms with Crippen molar-refractivity contribution in [3.8, 4) is 0 Å². The van der Waals surface area contributed by atoms with E-state index >= 15 is 0 Å². The predicted octanol–water partition coefficient (Wildman–Crippen LogP) is 25.3. The molecule has 1 aromatic heterocycles. The van der Waals surface area contributed by atoms with Crippen molar-refractivity contribution in [2.45, 2.75) is 118 Å². The topological polar surface area (TPSA) is 278 Å². The third-order valence-corrected chi connectivity index (χ3v) is 47.4. The summed E-state index contributed by atoms with van der Waals surface area (Å²) >= 11 is 12.4. The normalized spacial score (nSPS) is 12.8. The van der Waals surface area contributed by atoms with Crippen LogP contribution in [0.5, 0.6) is 0 Å². The number of hydrogen-bond acceptors (Lipinski definition) is 17. The lowest BCUT2D eigenvalue weighted by Crippen LogP contribution is -2.42. The number of halogens is 2. The minimum absolute atomic E-state index is 0.0675. The summed E-state index contributed by atoms with van der Waals surface area (Å²) in [5, 5.41) is 7.80. The molecular weight excluding hydrogens is 2040 g/mol. The first kappa shape index (κ1) is 115. The number of unbranched alkanes of at least 4 members (excludes halogenated alkanes) is 1. The number of nitrogens with zero attached hydrogens (tertiary/aromatic N) is 1. The van der Waals surface area contributed by atoms with Crippen molar-refractivity contribution in [3.05, 3.63) is 489 Å². The number of carbonyl (C=O) groups is 8. The Bertz CT molecular complexity index is 7160. The molecule has 0 bridgehead atoms. The molecule has 0 spiro atoms. The van der Waals surface area contributed by atoms with Crippen molar-refractivity contribution < 1.29 is 75.0 Å². The van der Waals surface area contributed by atoms with E-state index in [1.807, 2.05) is 173 Å².